The van der Waals surface area contributed by atoms with Gasteiger partial charge in [-0.3, -0.25) is 0 Å². The maximum absolute atomic E-state index is 13.9. The van der Waals surface area contributed by atoms with Crippen molar-refractivity contribution in [1.82, 2.24) is 5.32 Å². The molecule has 15 heavy (non-hydrogen) atoms. The van der Waals surface area contributed by atoms with Gasteiger partial charge in [0, 0.05) is 5.02 Å². The quantitative estimate of drug-likeness (QED) is 0.777. The Morgan fingerprint density at radius 2 is 2.33 bits per heavy atom. The van der Waals surface area contributed by atoms with Crippen LogP contribution in [0, 0.1) is 0 Å². The number of piperidine rings is 1. The summed E-state index contributed by atoms with van der Waals surface area (Å²) in [6.45, 7) is 2.77. The van der Waals surface area contributed by atoms with Gasteiger partial charge in [-0.25, -0.2) is 4.39 Å². The van der Waals surface area contributed by atoms with E-state index in [2.05, 4.69) is 5.32 Å². The van der Waals surface area contributed by atoms with Gasteiger partial charge < -0.3 is 5.32 Å². The van der Waals surface area contributed by atoms with Gasteiger partial charge >= 0.3 is 0 Å². The van der Waals surface area contributed by atoms with E-state index in [0.717, 1.165) is 18.5 Å². The molecule has 1 aliphatic heterocycles. The third-order valence-corrected chi connectivity index (χ3v) is 3.41. The second-order valence-electron chi connectivity index (χ2n) is 4.25. The van der Waals surface area contributed by atoms with E-state index in [1.54, 1.807) is 0 Å². The Morgan fingerprint density at radius 3 is 3.00 bits per heavy atom. The molecule has 0 aromatic heterocycles. The summed E-state index contributed by atoms with van der Waals surface area (Å²) in [5.74, 6) is 0. The normalized spacial score (nSPS) is 31.5. The van der Waals surface area contributed by atoms with Crippen molar-refractivity contribution in [2.75, 3.05) is 6.54 Å². The van der Waals surface area contributed by atoms with Crippen molar-refractivity contribution in [2.45, 2.75) is 31.5 Å². The summed E-state index contributed by atoms with van der Waals surface area (Å²) < 4.78 is 13.9. The van der Waals surface area contributed by atoms with Crippen LogP contribution in [0.2, 0.25) is 5.02 Å². The first-order valence-corrected chi connectivity index (χ1v) is 5.66. The fraction of sp³-hybridized carbons (Fsp3) is 0.500. The van der Waals surface area contributed by atoms with Gasteiger partial charge in [-0.15, -0.1) is 0 Å². The van der Waals surface area contributed by atoms with Gasteiger partial charge in [-0.1, -0.05) is 23.7 Å². The monoisotopic (exact) mass is 227 g/mol. The second-order valence-corrected chi connectivity index (χ2v) is 4.69. The SMILES string of the molecule is CC1(c2cccc(Cl)c2)NCCCC1F. The minimum absolute atomic E-state index is 0.580. The molecular formula is C12H15ClFN. The molecule has 1 aromatic carbocycles. The molecule has 1 nitrogen and oxygen atoms in total. The average molecular weight is 228 g/mol. The molecule has 0 aliphatic carbocycles. The lowest BCUT2D eigenvalue weighted by molar-refractivity contribution is 0.121. The Morgan fingerprint density at radius 1 is 1.53 bits per heavy atom. The van der Waals surface area contributed by atoms with Crippen LogP contribution in [0.5, 0.6) is 0 Å². The van der Waals surface area contributed by atoms with Crippen molar-refractivity contribution in [3.63, 3.8) is 0 Å². The third-order valence-electron chi connectivity index (χ3n) is 3.18. The predicted molar refractivity (Wildman–Crippen MR) is 60.9 cm³/mol. The lowest BCUT2D eigenvalue weighted by Crippen LogP contribution is -2.51. The van der Waals surface area contributed by atoms with Gasteiger partial charge in [0.25, 0.3) is 0 Å². The molecule has 2 unspecified atom stereocenters. The van der Waals surface area contributed by atoms with Gasteiger partial charge in [0.05, 0.1) is 5.54 Å². The molecule has 0 amide bonds. The molecule has 3 heteroatoms. The number of hydrogen-bond donors (Lipinski definition) is 1. The minimum Gasteiger partial charge on any atom is -0.305 e. The van der Waals surface area contributed by atoms with Gasteiger partial charge in [0.1, 0.15) is 6.17 Å². The van der Waals surface area contributed by atoms with Crippen LogP contribution >= 0.6 is 11.6 Å². The van der Waals surface area contributed by atoms with E-state index in [1.165, 1.54) is 0 Å². The van der Waals surface area contributed by atoms with Crippen molar-refractivity contribution >= 4 is 11.6 Å². The van der Waals surface area contributed by atoms with Crippen molar-refractivity contribution in [2.24, 2.45) is 0 Å². The second kappa shape index (κ2) is 4.11. The van der Waals surface area contributed by atoms with E-state index in [1.807, 2.05) is 31.2 Å². The van der Waals surface area contributed by atoms with Crippen LogP contribution in [0.15, 0.2) is 24.3 Å². The highest BCUT2D eigenvalue weighted by Gasteiger charge is 2.38. The summed E-state index contributed by atoms with van der Waals surface area (Å²) >= 11 is 5.92. The molecule has 1 fully saturated rings. The molecule has 0 spiro atoms. The summed E-state index contributed by atoms with van der Waals surface area (Å²) in [6.07, 6.45) is 0.678. The molecule has 0 bridgehead atoms. The van der Waals surface area contributed by atoms with Gasteiger partial charge in [-0.05, 0) is 44.0 Å². The first-order chi connectivity index (χ1) is 7.13. The number of benzene rings is 1. The summed E-state index contributed by atoms with van der Waals surface area (Å²) in [6, 6.07) is 7.44. The van der Waals surface area contributed by atoms with Gasteiger partial charge in [0.15, 0.2) is 0 Å². The number of halogens is 2. The van der Waals surface area contributed by atoms with Crippen molar-refractivity contribution < 1.29 is 4.39 Å². The molecule has 0 radical (unpaired) electrons. The average Bonchev–Trinajstić information content (AvgIpc) is 2.23. The summed E-state index contributed by atoms with van der Waals surface area (Å²) in [4.78, 5) is 0. The van der Waals surface area contributed by atoms with Crippen LogP contribution in [0.3, 0.4) is 0 Å². The zero-order valence-corrected chi connectivity index (χ0v) is 9.52. The molecular weight excluding hydrogens is 213 g/mol. The third kappa shape index (κ3) is 2.01. The van der Waals surface area contributed by atoms with E-state index < -0.39 is 11.7 Å². The number of alkyl halides is 1. The minimum atomic E-state index is -0.843. The van der Waals surface area contributed by atoms with Crippen molar-refractivity contribution in [3.05, 3.63) is 34.9 Å². The first kappa shape index (κ1) is 10.9. The van der Waals surface area contributed by atoms with Crippen LogP contribution in [0.4, 0.5) is 4.39 Å². The Labute approximate surface area is 94.6 Å². The zero-order valence-electron chi connectivity index (χ0n) is 8.76. The van der Waals surface area contributed by atoms with E-state index in [9.17, 15) is 4.39 Å². The lowest BCUT2D eigenvalue weighted by Gasteiger charge is -2.38. The topological polar surface area (TPSA) is 12.0 Å². The Bertz CT molecular complexity index is 355. The molecule has 0 saturated carbocycles. The smallest absolute Gasteiger partial charge is 0.122 e. The molecule has 1 aromatic rings. The van der Waals surface area contributed by atoms with E-state index >= 15 is 0 Å². The standard InChI is InChI=1S/C12H15ClFN/c1-12(11(14)6-3-7-15-12)9-4-2-5-10(13)8-9/h2,4-5,8,11,15H,3,6-7H2,1H3. The van der Waals surface area contributed by atoms with Crippen molar-refractivity contribution in [3.8, 4) is 0 Å². The molecule has 82 valence electrons. The number of nitrogens with one attached hydrogen (secondary N) is 1. The van der Waals surface area contributed by atoms with E-state index in [0.29, 0.717) is 11.4 Å². The van der Waals surface area contributed by atoms with E-state index in [4.69, 9.17) is 11.6 Å². The molecule has 2 rings (SSSR count). The highest BCUT2D eigenvalue weighted by Crippen LogP contribution is 2.33. The largest absolute Gasteiger partial charge is 0.305 e. The zero-order chi connectivity index (χ0) is 10.9. The summed E-state index contributed by atoms with van der Waals surface area (Å²) in [5, 5.41) is 3.92. The maximum atomic E-state index is 13.9. The highest BCUT2D eigenvalue weighted by atomic mass is 35.5. The molecule has 2 atom stereocenters. The molecule has 1 aliphatic rings. The number of rotatable bonds is 1. The Hall–Kier alpha value is -0.600. The van der Waals surface area contributed by atoms with Crippen LogP contribution in [0.1, 0.15) is 25.3 Å². The Kier molecular flexibility index (Phi) is 2.98. The molecule has 1 saturated heterocycles. The van der Waals surface area contributed by atoms with Gasteiger partial charge in [0.2, 0.25) is 0 Å². The predicted octanol–water partition coefficient (Wildman–Crippen LogP) is 3.28. The lowest BCUT2D eigenvalue weighted by atomic mass is 9.82. The molecule has 1 N–H and O–H groups in total. The Balaban J connectivity index is 2.34. The van der Waals surface area contributed by atoms with Gasteiger partial charge in [-0.2, -0.15) is 0 Å². The first-order valence-electron chi connectivity index (χ1n) is 5.28. The number of hydrogen-bond acceptors (Lipinski definition) is 1. The molecule has 1 heterocycles. The maximum Gasteiger partial charge on any atom is 0.122 e. The summed E-state index contributed by atoms with van der Waals surface area (Å²) in [5.41, 5.74) is 0.352. The van der Waals surface area contributed by atoms with E-state index in [-0.39, 0.29) is 0 Å². The van der Waals surface area contributed by atoms with Crippen molar-refractivity contribution in [1.29, 1.82) is 0 Å². The summed E-state index contributed by atoms with van der Waals surface area (Å²) in [7, 11) is 0. The fourth-order valence-corrected chi connectivity index (χ4v) is 2.31. The van der Waals surface area contributed by atoms with Crippen LogP contribution in [-0.4, -0.2) is 12.7 Å². The van der Waals surface area contributed by atoms with Crippen LogP contribution < -0.4 is 5.32 Å². The highest BCUT2D eigenvalue weighted by molar-refractivity contribution is 6.30. The fourth-order valence-electron chi connectivity index (χ4n) is 2.12. The van der Waals surface area contributed by atoms with Crippen LogP contribution in [-0.2, 0) is 5.54 Å². The van der Waals surface area contributed by atoms with Crippen LogP contribution in [0.25, 0.3) is 0 Å².